The zero-order chi connectivity index (χ0) is 13.4. The molecule has 0 saturated carbocycles. The third-order valence-electron chi connectivity index (χ3n) is 2.09. The van der Waals surface area contributed by atoms with Crippen molar-refractivity contribution < 1.29 is 14.3 Å². The van der Waals surface area contributed by atoms with Crippen LogP contribution in [-0.2, 0) is 4.79 Å². The van der Waals surface area contributed by atoms with Crippen molar-refractivity contribution in [3.8, 4) is 11.5 Å². The molecule has 0 heterocycles. The lowest BCUT2D eigenvalue weighted by Gasteiger charge is -2.12. The highest BCUT2D eigenvalue weighted by Crippen LogP contribution is 2.28. The van der Waals surface area contributed by atoms with Crippen LogP contribution >= 0.6 is 0 Å². The molecule has 0 spiro atoms. The summed E-state index contributed by atoms with van der Waals surface area (Å²) in [6.45, 7) is 9.50. The predicted molar refractivity (Wildman–Crippen MR) is 70.0 cm³/mol. The average Bonchev–Trinajstić information content (AvgIpc) is 2.30. The van der Waals surface area contributed by atoms with Gasteiger partial charge in [-0.05, 0) is 44.0 Å². The van der Waals surface area contributed by atoms with Gasteiger partial charge in [-0.2, -0.15) is 0 Å². The Kier molecular flexibility index (Phi) is 7.03. The highest BCUT2D eigenvalue weighted by Gasteiger charge is 2.07. The van der Waals surface area contributed by atoms with Crippen LogP contribution in [0.1, 0.15) is 31.9 Å². The number of methoxy groups -OCH3 is 1. The Labute approximate surface area is 104 Å². The van der Waals surface area contributed by atoms with Gasteiger partial charge < -0.3 is 9.47 Å². The van der Waals surface area contributed by atoms with Crippen LogP contribution in [0.3, 0.4) is 0 Å². The summed E-state index contributed by atoms with van der Waals surface area (Å²) in [6.07, 6.45) is 0. The largest absolute Gasteiger partial charge is 0.497 e. The van der Waals surface area contributed by atoms with Crippen LogP contribution in [0, 0.1) is 13.8 Å². The van der Waals surface area contributed by atoms with Crippen molar-refractivity contribution >= 4 is 5.78 Å². The number of carbonyl (C=O) groups excluding carboxylic acids is 1. The molecule has 0 aromatic heterocycles. The summed E-state index contributed by atoms with van der Waals surface area (Å²) in [5.41, 5.74) is 1.96. The molecule has 17 heavy (non-hydrogen) atoms. The van der Waals surface area contributed by atoms with Gasteiger partial charge in [-0.25, -0.2) is 0 Å². The lowest BCUT2D eigenvalue weighted by molar-refractivity contribution is -0.118. The van der Waals surface area contributed by atoms with Gasteiger partial charge in [0.2, 0.25) is 0 Å². The first-order valence-corrected chi connectivity index (χ1v) is 5.82. The van der Waals surface area contributed by atoms with E-state index in [1.165, 1.54) is 6.92 Å². The van der Waals surface area contributed by atoms with Crippen molar-refractivity contribution in [3.63, 3.8) is 0 Å². The van der Waals surface area contributed by atoms with E-state index in [2.05, 4.69) is 0 Å². The number of aryl methyl sites for hydroxylation is 2. The molecule has 0 N–H and O–H groups in total. The smallest absolute Gasteiger partial charge is 0.167 e. The zero-order valence-corrected chi connectivity index (χ0v) is 11.6. The highest BCUT2D eigenvalue weighted by atomic mass is 16.5. The molecule has 0 fully saturated rings. The van der Waals surface area contributed by atoms with Gasteiger partial charge in [0.25, 0.3) is 0 Å². The normalized spacial score (nSPS) is 9.06. The molecule has 3 heteroatoms. The Morgan fingerprint density at radius 3 is 2.00 bits per heavy atom. The maximum atomic E-state index is 10.8. The molecule has 0 aliphatic carbocycles. The first kappa shape index (κ1) is 15.5. The fourth-order valence-corrected chi connectivity index (χ4v) is 1.43. The average molecular weight is 238 g/mol. The van der Waals surface area contributed by atoms with E-state index in [0.717, 1.165) is 22.6 Å². The van der Waals surface area contributed by atoms with Crippen molar-refractivity contribution in [3.05, 3.63) is 23.3 Å². The monoisotopic (exact) mass is 238 g/mol. The molecule has 1 aromatic rings. The van der Waals surface area contributed by atoms with Crippen LogP contribution < -0.4 is 9.47 Å². The van der Waals surface area contributed by atoms with Gasteiger partial charge in [0.1, 0.15) is 18.1 Å². The van der Waals surface area contributed by atoms with Gasteiger partial charge in [0, 0.05) is 0 Å². The van der Waals surface area contributed by atoms with Gasteiger partial charge >= 0.3 is 0 Å². The molecule has 0 unspecified atom stereocenters. The summed E-state index contributed by atoms with van der Waals surface area (Å²) in [4.78, 5) is 10.8. The molecule has 0 aliphatic rings. The van der Waals surface area contributed by atoms with Crippen molar-refractivity contribution in [2.45, 2.75) is 34.6 Å². The molecule has 0 bridgehead atoms. The van der Waals surface area contributed by atoms with Crippen molar-refractivity contribution in [1.82, 2.24) is 0 Å². The van der Waals surface area contributed by atoms with Crippen LogP contribution in [0.4, 0.5) is 0 Å². The lowest BCUT2D eigenvalue weighted by Crippen LogP contribution is -2.08. The quantitative estimate of drug-likeness (QED) is 0.807. The summed E-state index contributed by atoms with van der Waals surface area (Å²) < 4.78 is 10.6. The second kappa shape index (κ2) is 7.71. The number of carbonyl (C=O) groups is 1. The van der Waals surface area contributed by atoms with E-state index in [4.69, 9.17) is 9.47 Å². The van der Waals surface area contributed by atoms with Crippen molar-refractivity contribution in [1.29, 1.82) is 0 Å². The van der Waals surface area contributed by atoms with E-state index < -0.39 is 0 Å². The van der Waals surface area contributed by atoms with E-state index in [1.54, 1.807) is 7.11 Å². The summed E-state index contributed by atoms with van der Waals surface area (Å²) in [6, 6.07) is 3.78. The summed E-state index contributed by atoms with van der Waals surface area (Å²) >= 11 is 0. The lowest BCUT2D eigenvalue weighted by atomic mass is 10.1. The molecule has 1 aromatic carbocycles. The summed E-state index contributed by atoms with van der Waals surface area (Å²) in [7, 11) is 1.63. The minimum absolute atomic E-state index is 0.0182. The molecular weight excluding hydrogens is 216 g/mol. The van der Waals surface area contributed by atoms with Gasteiger partial charge in [-0.3, -0.25) is 4.79 Å². The van der Waals surface area contributed by atoms with Gasteiger partial charge in [-0.15, -0.1) is 0 Å². The van der Waals surface area contributed by atoms with Crippen LogP contribution in [-0.4, -0.2) is 19.5 Å². The molecule has 3 nitrogen and oxygen atoms in total. The molecule has 0 radical (unpaired) electrons. The molecular formula is C14H22O3. The van der Waals surface area contributed by atoms with Gasteiger partial charge in [-0.1, -0.05) is 13.8 Å². The second-order valence-electron chi connectivity index (χ2n) is 3.58. The standard InChI is InChI=1S/C12H16O3.C2H6/c1-8-5-11(14-4)6-9(2)12(8)15-7-10(3)13;1-2/h5-6H,7H2,1-4H3;1-2H3. The van der Waals surface area contributed by atoms with E-state index in [9.17, 15) is 4.79 Å². The Morgan fingerprint density at radius 2 is 1.65 bits per heavy atom. The SMILES string of the molecule is CC.COc1cc(C)c(OCC(C)=O)c(C)c1. The first-order valence-electron chi connectivity index (χ1n) is 5.82. The van der Waals surface area contributed by atoms with Gasteiger partial charge in [0.15, 0.2) is 5.78 Å². The van der Waals surface area contributed by atoms with Crippen LogP contribution in [0.25, 0.3) is 0 Å². The third-order valence-corrected chi connectivity index (χ3v) is 2.09. The molecule has 1 rings (SSSR count). The molecule has 0 atom stereocenters. The Balaban J connectivity index is 0.00000121. The number of Topliss-reactive ketones (excluding diaryl/α,β-unsaturated/α-hetero) is 1. The van der Waals surface area contributed by atoms with Gasteiger partial charge in [0.05, 0.1) is 7.11 Å². The highest BCUT2D eigenvalue weighted by molar-refractivity contribution is 5.77. The number of ether oxygens (including phenoxy) is 2. The maximum Gasteiger partial charge on any atom is 0.167 e. The minimum atomic E-state index is 0.0182. The molecule has 0 saturated heterocycles. The van der Waals surface area contributed by atoms with Crippen LogP contribution in [0.5, 0.6) is 11.5 Å². The fraction of sp³-hybridized carbons (Fsp3) is 0.500. The Bertz CT molecular complexity index is 347. The Morgan fingerprint density at radius 1 is 1.18 bits per heavy atom. The predicted octanol–water partition coefficient (Wildman–Crippen LogP) is 3.31. The second-order valence-corrected chi connectivity index (χ2v) is 3.58. The summed E-state index contributed by atoms with van der Waals surface area (Å²) in [5, 5.41) is 0. The van der Waals surface area contributed by atoms with Crippen LogP contribution in [0.15, 0.2) is 12.1 Å². The third kappa shape index (κ3) is 4.89. The number of hydrogen-bond acceptors (Lipinski definition) is 3. The van der Waals surface area contributed by atoms with Crippen LogP contribution in [0.2, 0.25) is 0 Å². The minimum Gasteiger partial charge on any atom is -0.497 e. The molecule has 0 aliphatic heterocycles. The number of rotatable bonds is 4. The van der Waals surface area contributed by atoms with E-state index in [0.29, 0.717) is 0 Å². The number of hydrogen-bond donors (Lipinski definition) is 0. The topological polar surface area (TPSA) is 35.5 Å². The fourth-order valence-electron chi connectivity index (χ4n) is 1.43. The number of benzene rings is 1. The van der Waals surface area contributed by atoms with E-state index in [-0.39, 0.29) is 12.4 Å². The van der Waals surface area contributed by atoms with Crippen molar-refractivity contribution in [2.75, 3.05) is 13.7 Å². The summed E-state index contributed by atoms with van der Waals surface area (Å²) in [5.74, 6) is 1.59. The zero-order valence-electron chi connectivity index (χ0n) is 11.6. The maximum absolute atomic E-state index is 10.8. The molecule has 96 valence electrons. The molecule has 0 amide bonds. The van der Waals surface area contributed by atoms with E-state index in [1.807, 2.05) is 39.8 Å². The Hall–Kier alpha value is -1.51. The van der Waals surface area contributed by atoms with E-state index >= 15 is 0 Å². The first-order chi connectivity index (χ1) is 8.04. The van der Waals surface area contributed by atoms with Crippen molar-refractivity contribution in [2.24, 2.45) is 0 Å². The number of ketones is 1.